The molecule has 0 radical (unpaired) electrons. The van der Waals surface area contributed by atoms with Gasteiger partial charge in [-0.3, -0.25) is 4.79 Å². The van der Waals surface area contributed by atoms with Crippen LogP contribution in [0.2, 0.25) is 10.0 Å². The molecule has 33 heavy (non-hydrogen) atoms. The highest BCUT2D eigenvalue weighted by Crippen LogP contribution is 2.24. The van der Waals surface area contributed by atoms with Gasteiger partial charge in [-0.05, 0) is 59.7 Å². The Balaban J connectivity index is 1.38. The molecule has 0 saturated heterocycles. The first-order valence-corrected chi connectivity index (χ1v) is 11.3. The number of nitrogens with zero attached hydrogens (tertiary/aromatic N) is 2. The number of ether oxygens (including phenoxy) is 1. The van der Waals surface area contributed by atoms with Gasteiger partial charge in [0.25, 0.3) is 0 Å². The average molecular weight is 485 g/mol. The minimum atomic E-state index is -0.356. The van der Waals surface area contributed by atoms with Crippen molar-refractivity contribution in [3.05, 3.63) is 118 Å². The van der Waals surface area contributed by atoms with Crippen molar-refractivity contribution in [3.8, 4) is 0 Å². The summed E-state index contributed by atoms with van der Waals surface area (Å²) in [6.07, 6.45) is 3.64. The molecule has 1 aliphatic rings. The van der Waals surface area contributed by atoms with Crippen LogP contribution >= 0.6 is 23.2 Å². The number of hydrogen-bond acceptors (Lipinski definition) is 4. The molecular weight excluding hydrogens is 462 g/mol. The van der Waals surface area contributed by atoms with Gasteiger partial charge in [-0.15, -0.1) is 0 Å². The molecule has 0 saturated carbocycles. The second-order valence-electron chi connectivity index (χ2n) is 7.87. The molecule has 0 amide bonds. The molecule has 170 valence electrons. The van der Waals surface area contributed by atoms with Crippen molar-refractivity contribution in [1.82, 2.24) is 9.80 Å². The summed E-state index contributed by atoms with van der Waals surface area (Å²) in [5.74, 6) is -0.416. The van der Waals surface area contributed by atoms with E-state index in [0.29, 0.717) is 35.4 Å². The van der Waals surface area contributed by atoms with E-state index in [4.69, 9.17) is 27.9 Å². The van der Waals surface area contributed by atoms with Gasteiger partial charge in [0.2, 0.25) is 0 Å². The van der Waals surface area contributed by atoms with Crippen LogP contribution < -0.4 is 0 Å². The molecule has 0 fully saturated rings. The number of carbonyl (C=O) groups is 1. The molecule has 3 aromatic carbocycles. The molecule has 1 unspecified atom stereocenters. The summed E-state index contributed by atoms with van der Waals surface area (Å²) in [5.41, 5.74) is 2.54. The van der Waals surface area contributed by atoms with Gasteiger partial charge in [0.15, 0.2) is 5.78 Å². The Bertz CT molecular complexity index is 1100. The fourth-order valence-electron chi connectivity index (χ4n) is 3.57. The summed E-state index contributed by atoms with van der Waals surface area (Å²) >= 11 is 12.0. The normalized spacial score (nSPS) is 14.0. The van der Waals surface area contributed by atoms with E-state index in [1.54, 1.807) is 0 Å². The molecule has 4 nitrogen and oxygen atoms in total. The molecule has 0 spiro atoms. The van der Waals surface area contributed by atoms with Gasteiger partial charge in [-0.2, -0.15) is 0 Å². The number of halogens is 3. The zero-order valence-electron chi connectivity index (χ0n) is 17.8. The third-order valence-electron chi connectivity index (χ3n) is 5.37. The monoisotopic (exact) mass is 484 g/mol. The van der Waals surface area contributed by atoms with Crippen LogP contribution in [-0.4, -0.2) is 35.3 Å². The van der Waals surface area contributed by atoms with Crippen LogP contribution in [0.25, 0.3) is 0 Å². The summed E-state index contributed by atoms with van der Waals surface area (Å²) < 4.78 is 19.4. The van der Waals surface area contributed by atoms with Gasteiger partial charge >= 0.3 is 0 Å². The van der Waals surface area contributed by atoms with E-state index in [2.05, 4.69) is 4.90 Å². The highest BCUT2D eigenvalue weighted by atomic mass is 35.5. The first-order chi connectivity index (χ1) is 16.0. The van der Waals surface area contributed by atoms with Crippen LogP contribution in [0.3, 0.4) is 0 Å². The Labute approximate surface area is 202 Å². The second-order valence-corrected chi connectivity index (χ2v) is 8.74. The smallest absolute Gasteiger partial charge is 0.182 e. The quantitative estimate of drug-likeness (QED) is 0.332. The van der Waals surface area contributed by atoms with Gasteiger partial charge < -0.3 is 14.5 Å². The van der Waals surface area contributed by atoms with Crippen molar-refractivity contribution in [1.29, 1.82) is 0 Å². The fraction of sp³-hybridized carbons (Fsp3) is 0.192. The van der Waals surface area contributed by atoms with Crippen molar-refractivity contribution in [2.45, 2.75) is 12.7 Å². The molecule has 4 rings (SSSR count). The van der Waals surface area contributed by atoms with E-state index in [-0.39, 0.29) is 24.2 Å². The third kappa shape index (κ3) is 6.57. The van der Waals surface area contributed by atoms with Crippen LogP contribution in [0, 0.1) is 5.82 Å². The number of carbonyl (C=O) groups excluding carboxylic acids is 1. The predicted octanol–water partition coefficient (Wildman–Crippen LogP) is 6.32. The zero-order chi connectivity index (χ0) is 23.2. The highest BCUT2D eigenvalue weighted by molar-refractivity contribution is 6.30. The number of hydrogen-bond donors (Lipinski definition) is 0. The minimum Gasteiger partial charge on any atom is -0.367 e. The Kier molecular flexibility index (Phi) is 7.65. The topological polar surface area (TPSA) is 32.8 Å². The molecule has 0 N–H and O–H groups in total. The van der Waals surface area contributed by atoms with Crippen LogP contribution in [0.4, 0.5) is 4.39 Å². The summed E-state index contributed by atoms with van der Waals surface area (Å²) in [6, 6.07) is 20.8. The van der Waals surface area contributed by atoms with Crippen LogP contribution in [-0.2, 0) is 11.3 Å². The van der Waals surface area contributed by atoms with Crippen molar-refractivity contribution in [3.63, 3.8) is 0 Å². The molecule has 1 heterocycles. The number of ketones is 1. The van der Waals surface area contributed by atoms with E-state index >= 15 is 0 Å². The third-order valence-corrected chi connectivity index (χ3v) is 5.88. The molecule has 0 bridgehead atoms. The molecular formula is C26H23Cl2FN2O2. The molecule has 7 heteroatoms. The first kappa shape index (κ1) is 23.3. The Morgan fingerprint density at radius 1 is 0.879 bits per heavy atom. The average Bonchev–Trinajstić information content (AvgIpc) is 3.25. The summed E-state index contributed by atoms with van der Waals surface area (Å²) in [5, 5.41) is 1.35. The zero-order valence-corrected chi connectivity index (χ0v) is 19.3. The lowest BCUT2D eigenvalue weighted by Gasteiger charge is -2.26. The fourth-order valence-corrected chi connectivity index (χ4v) is 3.82. The summed E-state index contributed by atoms with van der Waals surface area (Å²) in [7, 11) is 0. The second kappa shape index (κ2) is 10.8. The lowest BCUT2D eigenvalue weighted by Crippen LogP contribution is -2.32. The number of rotatable bonds is 9. The maximum atomic E-state index is 13.1. The lowest BCUT2D eigenvalue weighted by molar-refractivity contribution is 0.0197. The Hall–Kier alpha value is -2.86. The maximum absolute atomic E-state index is 13.1. The number of benzene rings is 3. The largest absolute Gasteiger partial charge is 0.367 e. The van der Waals surface area contributed by atoms with Crippen molar-refractivity contribution in [2.24, 2.45) is 0 Å². The van der Waals surface area contributed by atoms with Gasteiger partial charge in [-0.1, -0.05) is 47.5 Å². The van der Waals surface area contributed by atoms with Crippen molar-refractivity contribution >= 4 is 29.0 Å². The highest BCUT2D eigenvalue weighted by Gasteiger charge is 2.21. The Morgan fingerprint density at radius 3 is 2.15 bits per heavy atom. The van der Waals surface area contributed by atoms with Gasteiger partial charge in [0.05, 0.1) is 19.8 Å². The minimum absolute atomic E-state index is 0.0604. The maximum Gasteiger partial charge on any atom is 0.182 e. The Morgan fingerprint density at radius 2 is 1.48 bits per heavy atom. The van der Waals surface area contributed by atoms with E-state index in [0.717, 1.165) is 11.1 Å². The van der Waals surface area contributed by atoms with E-state index in [9.17, 15) is 9.18 Å². The van der Waals surface area contributed by atoms with E-state index < -0.39 is 0 Å². The van der Waals surface area contributed by atoms with Crippen LogP contribution in [0.5, 0.6) is 0 Å². The first-order valence-electron chi connectivity index (χ1n) is 10.5. The van der Waals surface area contributed by atoms with Crippen molar-refractivity contribution < 1.29 is 13.9 Å². The van der Waals surface area contributed by atoms with Crippen LogP contribution in [0.1, 0.15) is 27.6 Å². The molecule has 3 aromatic rings. The van der Waals surface area contributed by atoms with Gasteiger partial charge in [-0.25, -0.2) is 4.39 Å². The standard InChI is InChI=1S/C26H23Cl2FN2O2/c27-22-7-1-19(2-8-22)17-33-26(21-3-9-23(28)10-4-21)16-31-14-13-30(18-31)15-25(32)20-5-11-24(29)12-6-20/h1-14,26H,15-18H2. The molecule has 1 atom stereocenters. The summed E-state index contributed by atoms with van der Waals surface area (Å²) in [6.45, 7) is 1.82. The number of Topliss-reactive ketones (excluding diaryl/α,β-unsaturated/α-hetero) is 1. The molecule has 0 aromatic heterocycles. The lowest BCUT2D eigenvalue weighted by atomic mass is 10.1. The van der Waals surface area contributed by atoms with E-state index in [1.807, 2.05) is 65.8 Å². The SMILES string of the molecule is O=C(CN1C=CN(CC(OCc2ccc(Cl)cc2)c2ccc(Cl)cc2)C1)c1ccc(F)cc1. The van der Waals surface area contributed by atoms with Gasteiger partial charge in [0, 0.05) is 34.6 Å². The molecule has 1 aliphatic heterocycles. The van der Waals surface area contributed by atoms with Crippen molar-refractivity contribution in [2.75, 3.05) is 19.8 Å². The summed E-state index contributed by atoms with van der Waals surface area (Å²) in [4.78, 5) is 16.5. The molecule has 0 aliphatic carbocycles. The predicted molar refractivity (Wildman–Crippen MR) is 129 cm³/mol. The van der Waals surface area contributed by atoms with E-state index in [1.165, 1.54) is 24.3 Å². The van der Waals surface area contributed by atoms with Crippen LogP contribution in [0.15, 0.2) is 85.2 Å². The van der Waals surface area contributed by atoms with Gasteiger partial charge in [0.1, 0.15) is 11.9 Å².